The van der Waals surface area contributed by atoms with Gasteiger partial charge in [0.1, 0.15) is 17.5 Å². The zero-order valence-corrected chi connectivity index (χ0v) is 16.0. The highest BCUT2D eigenvalue weighted by Crippen LogP contribution is 2.37. The zero-order chi connectivity index (χ0) is 17.6. The number of anilines is 2. The first-order chi connectivity index (χ1) is 12.0. The number of nitrogens with zero attached hydrogens (tertiary/aromatic N) is 6. The largest absolute Gasteiger partial charge is 0.352 e. The van der Waals surface area contributed by atoms with Gasteiger partial charge in [0.2, 0.25) is 0 Å². The number of fused-ring (bicyclic) bond motifs is 2. The van der Waals surface area contributed by atoms with E-state index < -0.39 is 0 Å². The Bertz CT molecular complexity index is 762. The first-order valence-corrected chi connectivity index (χ1v) is 9.92. The van der Waals surface area contributed by atoms with Crippen molar-refractivity contribution in [1.29, 1.82) is 0 Å². The molecule has 2 unspecified atom stereocenters. The number of piperidine rings is 1. The first kappa shape index (κ1) is 16.6. The molecule has 3 saturated heterocycles. The van der Waals surface area contributed by atoms with Crippen LogP contribution in [-0.4, -0.2) is 51.4 Å². The van der Waals surface area contributed by atoms with Gasteiger partial charge in [-0.2, -0.15) is 0 Å². The van der Waals surface area contributed by atoms with Gasteiger partial charge in [-0.25, -0.2) is 19.9 Å². The minimum Gasteiger partial charge on any atom is -0.352 e. The molecule has 3 fully saturated rings. The summed E-state index contributed by atoms with van der Waals surface area (Å²) in [6.45, 7) is 8.43. The normalized spacial score (nSPS) is 22.7. The van der Waals surface area contributed by atoms with E-state index in [1.54, 1.807) is 11.8 Å². The van der Waals surface area contributed by atoms with E-state index in [9.17, 15) is 0 Å². The molecule has 2 atom stereocenters. The Labute approximate surface area is 153 Å². The summed E-state index contributed by atoms with van der Waals surface area (Å²) in [5.41, 5.74) is -0.0306. The maximum Gasteiger partial charge on any atom is 0.189 e. The van der Waals surface area contributed by atoms with Crippen LogP contribution in [0.1, 0.15) is 33.0 Å². The molecular weight excluding hydrogens is 332 g/mol. The summed E-state index contributed by atoms with van der Waals surface area (Å²) in [5, 5.41) is 0.833. The van der Waals surface area contributed by atoms with Gasteiger partial charge in [-0.1, -0.05) is 32.5 Å². The van der Waals surface area contributed by atoms with E-state index in [2.05, 4.69) is 45.5 Å². The molecule has 3 aliphatic rings. The lowest BCUT2D eigenvalue weighted by atomic mass is 9.87. The highest BCUT2D eigenvalue weighted by atomic mass is 32.2. The molecule has 6 nitrogen and oxygen atoms in total. The fourth-order valence-electron chi connectivity index (χ4n) is 3.63. The molecule has 2 aromatic rings. The Hall–Kier alpha value is -1.89. The van der Waals surface area contributed by atoms with Gasteiger partial charge in [0.05, 0.1) is 12.1 Å². The van der Waals surface area contributed by atoms with E-state index in [4.69, 9.17) is 4.98 Å². The third kappa shape index (κ3) is 3.05. The number of thioether (sulfide) groups is 1. The lowest BCUT2D eigenvalue weighted by Crippen LogP contribution is -2.69. The number of piperazine rings is 1. The van der Waals surface area contributed by atoms with E-state index in [0.29, 0.717) is 12.1 Å². The lowest BCUT2D eigenvalue weighted by Gasteiger charge is -2.57. The SMILES string of the molecule is CSc1nccc(N2CC3CC(C2)N3c2ccnc(C(C)(C)C)n2)n1. The average molecular weight is 356 g/mol. The van der Waals surface area contributed by atoms with Gasteiger partial charge in [0, 0.05) is 30.9 Å². The molecule has 0 spiro atoms. The van der Waals surface area contributed by atoms with Gasteiger partial charge in [0.25, 0.3) is 0 Å². The van der Waals surface area contributed by atoms with Crippen molar-refractivity contribution in [3.63, 3.8) is 0 Å². The fraction of sp³-hybridized carbons (Fsp3) is 0.556. The van der Waals surface area contributed by atoms with E-state index in [1.807, 2.05) is 30.8 Å². The summed E-state index contributed by atoms with van der Waals surface area (Å²) < 4.78 is 0. The Morgan fingerprint density at radius 3 is 2.36 bits per heavy atom. The van der Waals surface area contributed by atoms with Crippen LogP contribution in [-0.2, 0) is 5.41 Å². The quantitative estimate of drug-likeness (QED) is 0.619. The maximum absolute atomic E-state index is 4.84. The van der Waals surface area contributed by atoms with Crippen LogP contribution in [0, 0.1) is 0 Å². The molecule has 0 amide bonds. The number of hydrogen-bond acceptors (Lipinski definition) is 7. The number of rotatable bonds is 3. The van der Waals surface area contributed by atoms with Crippen molar-refractivity contribution in [2.75, 3.05) is 29.1 Å². The highest BCUT2D eigenvalue weighted by Gasteiger charge is 2.45. The van der Waals surface area contributed by atoms with Crippen LogP contribution >= 0.6 is 11.8 Å². The molecule has 0 radical (unpaired) electrons. The van der Waals surface area contributed by atoms with Gasteiger partial charge in [-0.15, -0.1) is 0 Å². The predicted molar refractivity (Wildman–Crippen MR) is 101 cm³/mol. The van der Waals surface area contributed by atoms with Gasteiger partial charge in [-0.05, 0) is 24.8 Å². The molecular formula is C18H24N6S. The van der Waals surface area contributed by atoms with Gasteiger partial charge in [0.15, 0.2) is 5.16 Å². The third-order valence-electron chi connectivity index (χ3n) is 4.89. The van der Waals surface area contributed by atoms with Crippen LogP contribution in [0.5, 0.6) is 0 Å². The topological polar surface area (TPSA) is 58.0 Å². The summed E-state index contributed by atoms with van der Waals surface area (Å²) in [4.78, 5) is 23.1. The first-order valence-electron chi connectivity index (χ1n) is 8.69. The molecule has 5 rings (SSSR count). The van der Waals surface area contributed by atoms with Crippen molar-refractivity contribution < 1.29 is 0 Å². The lowest BCUT2D eigenvalue weighted by molar-refractivity contribution is 0.287. The van der Waals surface area contributed by atoms with Crippen molar-refractivity contribution in [3.05, 3.63) is 30.4 Å². The van der Waals surface area contributed by atoms with E-state index in [1.165, 1.54) is 6.42 Å². The molecule has 0 N–H and O–H groups in total. The van der Waals surface area contributed by atoms with Crippen LogP contribution in [0.25, 0.3) is 0 Å². The van der Waals surface area contributed by atoms with E-state index in [-0.39, 0.29) is 5.41 Å². The molecule has 0 aromatic carbocycles. The van der Waals surface area contributed by atoms with E-state index >= 15 is 0 Å². The minimum absolute atomic E-state index is 0.0306. The molecule has 132 valence electrons. The monoisotopic (exact) mass is 356 g/mol. The molecule has 2 bridgehead atoms. The van der Waals surface area contributed by atoms with Crippen LogP contribution in [0.4, 0.5) is 11.6 Å². The fourth-order valence-corrected chi connectivity index (χ4v) is 3.98. The maximum atomic E-state index is 4.84. The summed E-state index contributed by atoms with van der Waals surface area (Å²) in [5.74, 6) is 3.01. The van der Waals surface area contributed by atoms with Gasteiger partial charge in [-0.3, -0.25) is 0 Å². The molecule has 5 heterocycles. The third-order valence-corrected chi connectivity index (χ3v) is 5.46. The molecule has 0 saturated carbocycles. The predicted octanol–water partition coefficient (Wildman–Crippen LogP) is 2.75. The Morgan fingerprint density at radius 1 is 1.00 bits per heavy atom. The number of hydrogen-bond donors (Lipinski definition) is 0. The number of aromatic nitrogens is 4. The standard InChI is InChI=1S/C18H24N6S/c1-18(2,3)16-19-7-6-15(21-16)24-12-9-13(24)11-23(10-12)14-5-8-20-17(22-14)25-4/h5-8,12-13H,9-11H2,1-4H3. The van der Waals surface area contributed by atoms with Crippen molar-refractivity contribution in [1.82, 2.24) is 19.9 Å². The van der Waals surface area contributed by atoms with E-state index in [0.717, 1.165) is 35.7 Å². The smallest absolute Gasteiger partial charge is 0.189 e. The second-order valence-corrected chi connectivity index (χ2v) is 8.52. The zero-order valence-electron chi connectivity index (χ0n) is 15.2. The molecule has 3 aliphatic heterocycles. The van der Waals surface area contributed by atoms with Crippen LogP contribution in [0.15, 0.2) is 29.7 Å². The molecule has 25 heavy (non-hydrogen) atoms. The van der Waals surface area contributed by atoms with Crippen LogP contribution in [0.2, 0.25) is 0 Å². The summed E-state index contributed by atoms with van der Waals surface area (Å²) in [6.07, 6.45) is 6.98. The Balaban J connectivity index is 1.52. The molecule has 7 heteroatoms. The summed E-state index contributed by atoms with van der Waals surface area (Å²) in [6, 6.07) is 5.04. The molecule has 2 aromatic heterocycles. The van der Waals surface area contributed by atoms with Crippen molar-refractivity contribution in [3.8, 4) is 0 Å². The Morgan fingerprint density at radius 2 is 1.68 bits per heavy atom. The van der Waals surface area contributed by atoms with Gasteiger partial charge >= 0.3 is 0 Å². The summed E-state index contributed by atoms with van der Waals surface area (Å²) in [7, 11) is 0. The van der Waals surface area contributed by atoms with Crippen molar-refractivity contribution in [2.45, 2.75) is 49.8 Å². The minimum atomic E-state index is -0.0306. The van der Waals surface area contributed by atoms with Crippen molar-refractivity contribution in [2.24, 2.45) is 0 Å². The molecule has 0 aliphatic carbocycles. The van der Waals surface area contributed by atoms with Crippen LogP contribution in [0.3, 0.4) is 0 Å². The van der Waals surface area contributed by atoms with Gasteiger partial charge < -0.3 is 9.80 Å². The summed E-state index contributed by atoms with van der Waals surface area (Å²) >= 11 is 1.58. The second-order valence-electron chi connectivity index (χ2n) is 7.75. The van der Waals surface area contributed by atoms with Crippen molar-refractivity contribution >= 4 is 23.4 Å². The highest BCUT2D eigenvalue weighted by molar-refractivity contribution is 7.98. The average Bonchev–Trinajstić information content (AvgIpc) is 2.61. The van der Waals surface area contributed by atoms with Crippen LogP contribution < -0.4 is 9.80 Å². The second kappa shape index (κ2) is 6.12. The Kier molecular flexibility index (Phi) is 4.06.